The van der Waals surface area contributed by atoms with E-state index in [9.17, 15) is 0 Å². The minimum Gasteiger partial charge on any atom is -0.504 e. The van der Waals surface area contributed by atoms with Crippen LogP contribution in [0.1, 0.15) is 6.92 Å². The Balaban J connectivity index is 0.000000134. The molecule has 0 amide bonds. The first kappa shape index (κ1) is 13.0. The van der Waals surface area contributed by atoms with E-state index in [1.165, 1.54) is 6.08 Å². The maximum atomic E-state index is 9.01. The third kappa shape index (κ3) is 2.88. The molecule has 0 spiro atoms. The zero-order chi connectivity index (χ0) is 13.0. The Kier molecular flexibility index (Phi) is 4.33. The van der Waals surface area contributed by atoms with Crippen molar-refractivity contribution in [1.82, 2.24) is 0 Å². The van der Waals surface area contributed by atoms with Crippen LogP contribution in [0.4, 0.5) is 0 Å². The minimum absolute atomic E-state index is 0.00330. The lowest BCUT2D eigenvalue weighted by atomic mass is 10.5. The highest BCUT2D eigenvalue weighted by Crippen LogP contribution is 2.33. The van der Waals surface area contributed by atoms with Gasteiger partial charge in [-0.15, -0.1) is 11.3 Å². The van der Waals surface area contributed by atoms with E-state index < -0.39 is 0 Å². The first-order valence-corrected chi connectivity index (χ1v) is 7.65. The van der Waals surface area contributed by atoms with E-state index >= 15 is 0 Å². The predicted octanol–water partition coefficient (Wildman–Crippen LogP) is 3.41. The van der Waals surface area contributed by atoms with Crippen LogP contribution in [0.15, 0.2) is 33.1 Å². The summed E-state index contributed by atoms with van der Waals surface area (Å²) in [6, 6.07) is 0. The SMILES string of the molecule is CC=S1C=CC(O)=C1O.c1scc2c1OCCO2. The van der Waals surface area contributed by atoms with E-state index in [1.807, 2.05) is 23.1 Å². The van der Waals surface area contributed by atoms with Crippen molar-refractivity contribution in [3.63, 3.8) is 0 Å². The van der Waals surface area contributed by atoms with Crippen LogP contribution in [-0.4, -0.2) is 28.8 Å². The van der Waals surface area contributed by atoms with Gasteiger partial charge in [0.05, 0.1) is 0 Å². The van der Waals surface area contributed by atoms with Crippen LogP contribution in [0.3, 0.4) is 0 Å². The van der Waals surface area contributed by atoms with Gasteiger partial charge < -0.3 is 19.7 Å². The third-order valence-corrected chi connectivity index (χ3v) is 4.55. The summed E-state index contributed by atoms with van der Waals surface area (Å²) in [5.41, 5.74) is 0. The minimum atomic E-state index is -0.329. The molecule has 0 aliphatic carbocycles. The normalized spacial score (nSPS) is 20.8. The highest BCUT2D eigenvalue weighted by atomic mass is 32.2. The molecule has 2 N–H and O–H groups in total. The van der Waals surface area contributed by atoms with E-state index in [1.54, 1.807) is 16.7 Å². The Bertz CT molecular complexity index is 493. The van der Waals surface area contributed by atoms with Gasteiger partial charge >= 0.3 is 0 Å². The number of rotatable bonds is 0. The van der Waals surface area contributed by atoms with Gasteiger partial charge in [-0.2, -0.15) is 0 Å². The molecule has 1 aromatic rings. The van der Waals surface area contributed by atoms with Crippen molar-refractivity contribution in [2.45, 2.75) is 6.92 Å². The van der Waals surface area contributed by atoms with Crippen molar-refractivity contribution in [3.05, 3.63) is 33.1 Å². The second-order valence-corrected chi connectivity index (χ2v) is 6.02. The van der Waals surface area contributed by atoms with Crippen LogP contribution >= 0.6 is 21.8 Å². The van der Waals surface area contributed by atoms with Gasteiger partial charge in [0, 0.05) is 10.8 Å². The molecule has 2 aliphatic heterocycles. The lowest BCUT2D eigenvalue weighted by molar-refractivity contribution is 0.173. The molecule has 1 aromatic heterocycles. The van der Waals surface area contributed by atoms with Crippen molar-refractivity contribution in [2.24, 2.45) is 0 Å². The number of aliphatic hydroxyl groups is 2. The maximum absolute atomic E-state index is 9.01. The first-order valence-electron chi connectivity index (χ1n) is 5.36. The molecule has 18 heavy (non-hydrogen) atoms. The Labute approximate surface area is 112 Å². The molecule has 0 saturated heterocycles. The topological polar surface area (TPSA) is 58.9 Å². The zero-order valence-electron chi connectivity index (χ0n) is 9.83. The van der Waals surface area contributed by atoms with Crippen LogP contribution in [0.5, 0.6) is 11.5 Å². The second kappa shape index (κ2) is 5.97. The maximum Gasteiger partial charge on any atom is 0.190 e. The van der Waals surface area contributed by atoms with E-state index in [0.29, 0.717) is 13.2 Å². The Morgan fingerprint density at radius 2 is 1.83 bits per heavy atom. The zero-order valence-corrected chi connectivity index (χ0v) is 11.5. The molecule has 0 fully saturated rings. The van der Waals surface area contributed by atoms with Crippen LogP contribution < -0.4 is 9.47 Å². The fourth-order valence-corrected chi connectivity index (χ4v) is 3.15. The van der Waals surface area contributed by atoms with Gasteiger partial charge in [-0.1, -0.05) is 15.9 Å². The van der Waals surface area contributed by atoms with Crippen molar-refractivity contribution in [1.29, 1.82) is 0 Å². The molecule has 3 heterocycles. The van der Waals surface area contributed by atoms with E-state index in [2.05, 4.69) is 0 Å². The van der Waals surface area contributed by atoms with Gasteiger partial charge in [-0.05, 0) is 18.4 Å². The third-order valence-electron chi connectivity index (χ3n) is 2.26. The molecule has 2 aliphatic rings. The highest BCUT2D eigenvalue weighted by molar-refractivity contribution is 8.20. The van der Waals surface area contributed by atoms with E-state index in [0.717, 1.165) is 11.5 Å². The monoisotopic (exact) mass is 286 g/mol. The van der Waals surface area contributed by atoms with Crippen molar-refractivity contribution in [3.8, 4) is 11.5 Å². The number of hydrogen-bond acceptors (Lipinski definition) is 5. The van der Waals surface area contributed by atoms with Crippen molar-refractivity contribution in [2.75, 3.05) is 13.2 Å². The fraction of sp³-hybridized carbons (Fsp3) is 0.250. The van der Waals surface area contributed by atoms with Gasteiger partial charge in [-0.3, -0.25) is 0 Å². The summed E-state index contributed by atoms with van der Waals surface area (Å²) in [4.78, 5) is 0. The summed E-state index contributed by atoms with van der Waals surface area (Å²) in [6.07, 6.45) is 1.51. The van der Waals surface area contributed by atoms with Crippen LogP contribution in [0.2, 0.25) is 0 Å². The molecule has 4 nitrogen and oxygen atoms in total. The largest absolute Gasteiger partial charge is 0.504 e. The lowest BCUT2D eigenvalue weighted by Gasteiger charge is -2.13. The number of aliphatic hydroxyl groups excluding tert-OH is 2. The molecule has 98 valence electrons. The van der Waals surface area contributed by atoms with E-state index in [4.69, 9.17) is 19.7 Å². The summed E-state index contributed by atoms with van der Waals surface area (Å²) < 4.78 is 10.5. The molecule has 3 rings (SSSR count). The number of thiophene rings is 1. The Hall–Kier alpha value is -1.40. The highest BCUT2D eigenvalue weighted by Gasteiger charge is 2.10. The van der Waals surface area contributed by atoms with Gasteiger partial charge in [0.25, 0.3) is 0 Å². The van der Waals surface area contributed by atoms with Crippen LogP contribution in [0, 0.1) is 0 Å². The number of hydrogen-bond donors (Lipinski definition) is 2. The van der Waals surface area contributed by atoms with Gasteiger partial charge in [0.1, 0.15) is 13.2 Å². The molecule has 1 unspecified atom stereocenters. The average Bonchev–Trinajstić information content (AvgIpc) is 2.98. The van der Waals surface area contributed by atoms with Crippen molar-refractivity contribution >= 4 is 27.2 Å². The Morgan fingerprint density at radius 3 is 2.22 bits per heavy atom. The second-order valence-electron chi connectivity index (χ2n) is 3.40. The summed E-state index contributed by atoms with van der Waals surface area (Å²) in [7, 11) is -0.329. The van der Waals surface area contributed by atoms with E-state index in [-0.39, 0.29) is 21.3 Å². The summed E-state index contributed by atoms with van der Waals surface area (Å²) in [5.74, 6) is 1.79. The quantitative estimate of drug-likeness (QED) is 0.718. The number of fused-ring (bicyclic) bond motifs is 1. The van der Waals surface area contributed by atoms with Crippen LogP contribution in [-0.2, 0) is 0 Å². The molecule has 0 radical (unpaired) electrons. The molecule has 0 bridgehead atoms. The Morgan fingerprint density at radius 1 is 1.22 bits per heavy atom. The number of allylic oxidation sites excluding steroid dienone is 1. The van der Waals surface area contributed by atoms with Crippen molar-refractivity contribution < 1.29 is 19.7 Å². The molecule has 0 aromatic carbocycles. The average molecular weight is 286 g/mol. The molecular weight excluding hydrogens is 272 g/mol. The molecule has 1 atom stereocenters. The fourth-order valence-electron chi connectivity index (χ4n) is 1.37. The molecular formula is C12H14O4S2. The van der Waals surface area contributed by atoms with Crippen LogP contribution in [0.25, 0.3) is 0 Å². The lowest BCUT2D eigenvalue weighted by Crippen LogP contribution is -2.13. The standard InChI is InChI=1S/C6H6O2S.C6H8O2S/c1-2-8-6-4-9-3-5(6)7-1;1-2-9-4-3-5(7)6(9)8/h3-4H,1-2H2;2-4,7-8H,1H3. The van der Waals surface area contributed by atoms with Gasteiger partial charge in [-0.25, -0.2) is 0 Å². The first-order chi connectivity index (χ1) is 8.72. The molecule has 6 heteroatoms. The molecule has 0 saturated carbocycles. The number of ether oxygens (including phenoxy) is 2. The van der Waals surface area contributed by atoms with Gasteiger partial charge in [0.2, 0.25) is 0 Å². The predicted molar refractivity (Wildman–Crippen MR) is 76.1 cm³/mol. The summed E-state index contributed by atoms with van der Waals surface area (Å²) in [5, 5.41) is 25.4. The summed E-state index contributed by atoms with van der Waals surface area (Å²) in [6.45, 7) is 3.22. The summed E-state index contributed by atoms with van der Waals surface area (Å²) >= 11 is 1.61. The van der Waals surface area contributed by atoms with Gasteiger partial charge in [0.15, 0.2) is 22.3 Å². The smallest absolute Gasteiger partial charge is 0.190 e.